The summed E-state index contributed by atoms with van der Waals surface area (Å²) >= 11 is 0. The predicted octanol–water partition coefficient (Wildman–Crippen LogP) is 1.86. The van der Waals surface area contributed by atoms with E-state index in [0.29, 0.717) is 5.56 Å². The lowest BCUT2D eigenvalue weighted by molar-refractivity contribution is -0.385. The van der Waals surface area contributed by atoms with Gasteiger partial charge >= 0.3 is 5.97 Å². The molecular weight excluding hydrogens is 198 g/mol. The third kappa shape index (κ3) is 2.77. The first kappa shape index (κ1) is 11.2. The van der Waals surface area contributed by atoms with Crippen LogP contribution in [0, 0.1) is 16.0 Å². The van der Waals surface area contributed by atoms with E-state index in [0.717, 1.165) is 0 Å². The van der Waals surface area contributed by atoms with Gasteiger partial charge in [0.1, 0.15) is 0 Å². The van der Waals surface area contributed by atoms with Crippen LogP contribution in [0.25, 0.3) is 0 Å². The van der Waals surface area contributed by atoms with Gasteiger partial charge in [-0.15, -0.1) is 0 Å². The van der Waals surface area contributed by atoms with Gasteiger partial charge in [0.15, 0.2) is 0 Å². The molecule has 1 rings (SSSR count). The maximum atomic E-state index is 10.6. The van der Waals surface area contributed by atoms with Gasteiger partial charge in [-0.25, -0.2) is 0 Å². The molecule has 0 aliphatic carbocycles. The first-order valence-electron chi connectivity index (χ1n) is 4.47. The summed E-state index contributed by atoms with van der Waals surface area (Å²) < 4.78 is 0. The molecule has 1 atom stereocenters. The Bertz CT molecular complexity index is 389. The molecule has 0 radical (unpaired) electrons. The quantitative estimate of drug-likeness (QED) is 0.606. The largest absolute Gasteiger partial charge is 0.481 e. The molecule has 0 saturated heterocycles. The highest BCUT2D eigenvalue weighted by molar-refractivity contribution is 5.70. The summed E-state index contributed by atoms with van der Waals surface area (Å²) in [5.41, 5.74) is 0.433. The fourth-order valence-electron chi connectivity index (χ4n) is 1.28. The van der Waals surface area contributed by atoms with Crippen molar-refractivity contribution in [1.82, 2.24) is 0 Å². The van der Waals surface area contributed by atoms with Gasteiger partial charge in [0.25, 0.3) is 5.69 Å². The average molecular weight is 209 g/mol. The van der Waals surface area contributed by atoms with Crippen LogP contribution >= 0.6 is 0 Å². The van der Waals surface area contributed by atoms with Crippen molar-refractivity contribution in [3.8, 4) is 0 Å². The molecule has 0 aromatic heterocycles. The van der Waals surface area contributed by atoms with Gasteiger partial charge in [-0.2, -0.15) is 0 Å². The number of carboxylic acids is 1. The number of hydrogen-bond acceptors (Lipinski definition) is 3. The summed E-state index contributed by atoms with van der Waals surface area (Å²) in [5, 5.41) is 19.3. The first-order valence-corrected chi connectivity index (χ1v) is 4.47. The lowest BCUT2D eigenvalue weighted by Gasteiger charge is -2.06. The molecule has 1 N–H and O–H groups in total. The highest BCUT2D eigenvalue weighted by Crippen LogP contribution is 2.20. The Morgan fingerprint density at radius 3 is 2.67 bits per heavy atom. The van der Waals surface area contributed by atoms with E-state index in [1.165, 1.54) is 13.0 Å². The fraction of sp³-hybridized carbons (Fsp3) is 0.300. The van der Waals surface area contributed by atoms with E-state index in [9.17, 15) is 14.9 Å². The average Bonchev–Trinajstić information content (AvgIpc) is 2.18. The number of nitrogens with zero attached hydrogens (tertiary/aromatic N) is 1. The van der Waals surface area contributed by atoms with Gasteiger partial charge in [-0.05, 0) is 6.42 Å². The van der Waals surface area contributed by atoms with E-state index in [1.54, 1.807) is 18.2 Å². The van der Waals surface area contributed by atoms with E-state index in [1.807, 2.05) is 0 Å². The van der Waals surface area contributed by atoms with Crippen LogP contribution < -0.4 is 0 Å². The molecule has 1 aromatic rings. The third-order valence-electron chi connectivity index (χ3n) is 2.14. The molecule has 0 unspecified atom stereocenters. The van der Waals surface area contributed by atoms with Gasteiger partial charge in [-0.1, -0.05) is 25.1 Å². The maximum absolute atomic E-state index is 10.6. The van der Waals surface area contributed by atoms with Crippen LogP contribution in [-0.2, 0) is 11.2 Å². The summed E-state index contributed by atoms with van der Waals surface area (Å²) in [6.07, 6.45) is 0.173. The Kier molecular flexibility index (Phi) is 3.38. The second-order valence-corrected chi connectivity index (χ2v) is 3.33. The fourth-order valence-corrected chi connectivity index (χ4v) is 1.28. The van der Waals surface area contributed by atoms with Crippen molar-refractivity contribution in [2.75, 3.05) is 0 Å². The number of benzene rings is 1. The van der Waals surface area contributed by atoms with Gasteiger partial charge in [0.05, 0.1) is 10.8 Å². The number of aliphatic carboxylic acids is 1. The van der Waals surface area contributed by atoms with Crippen LogP contribution in [0.5, 0.6) is 0 Å². The number of para-hydroxylation sites is 1. The Morgan fingerprint density at radius 1 is 1.53 bits per heavy atom. The standard InChI is InChI=1S/C10H11NO4/c1-7(10(12)13)6-8-4-2-3-5-9(8)11(14)15/h2-5,7H,6H2,1H3,(H,12,13)/t7-/m0/s1. The monoisotopic (exact) mass is 209 g/mol. The maximum Gasteiger partial charge on any atom is 0.306 e. The number of rotatable bonds is 4. The first-order chi connectivity index (χ1) is 7.02. The zero-order valence-corrected chi connectivity index (χ0v) is 8.21. The molecule has 0 heterocycles. The van der Waals surface area contributed by atoms with Crippen molar-refractivity contribution in [2.45, 2.75) is 13.3 Å². The highest BCUT2D eigenvalue weighted by atomic mass is 16.6. The summed E-state index contributed by atoms with van der Waals surface area (Å²) in [7, 11) is 0. The summed E-state index contributed by atoms with van der Waals surface area (Å²) in [6, 6.07) is 6.19. The minimum Gasteiger partial charge on any atom is -0.481 e. The summed E-state index contributed by atoms with van der Waals surface area (Å²) in [4.78, 5) is 20.8. The Labute approximate surface area is 86.5 Å². The molecule has 0 amide bonds. The van der Waals surface area contributed by atoms with Gasteiger partial charge in [0.2, 0.25) is 0 Å². The van der Waals surface area contributed by atoms with E-state index in [2.05, 4.69) is 0 Å². The van der Waals surface area contributed by atoms with E-state index >= 15 is 0 Å². The molecule has 5 heteroatoms. The molecule has 0 bridgehead atoms. The van der Waals surface area contributed by atoms with Gasteiger partial charge in [0, 0.05) is 11.6 Å². The zero-order chi connectivity index (χ0) is 11.4. The van der Waals surface area contributed by atoms with Crippen LogP contribution in [0.4, 0.5) is 5.69 Å². The van der Waals surface area contributed by atoms with Gasteiger partial charge in [-0.3, -0.25) is 14.9 Å². The molecule has 0 spiro atoms. The van der Waals surface area contributed by atoms with Crippen LogP contribution in [0.2, 0.25) is 0 Å². The topological polar surface area (TPSA) is 80.4 Å². The van der Waals surface area contributed by atoms with Crippen LogP contribution in [0.3, 0.4) is 0 Å². The van der Waals surface area contributed by atoms with Crippen molar-refractivity contribution in [3.63, 3.8) is 0 Å². The second-order valence-electron chi connectivity index (χ2n) is 3.33. The zero-order valence-electron chi connectivity index (χ0n) is 8.21. The number of nitro benzene ring substituents is 1. The number of hydrogen-bond donors (Lipinski definition) is 1. The lowest BCUT2D eigenvalue weighted by Crippen LogP contribution is -2.13. The molecular formula is C10H11NO4. The normalized spacial score (nSPS) is 12.1. The smallest absolute Gasteiger partial charge is 0.306 e. The number of nitro groups is 1. The van der Waals surface area contributed by atoms with Gasteiger partial charge < -0.3 is 5.11 Å². The van der Waals surface area contributed by atoms with Crippen molar-refractivity contribution < 1.29 is 14.8 Å². The van der Waals surface area contributed by atoms with Crippen molar-refractivity contribution >= 4 is 11.7 Å². The van der Waals surface area contributed by atoms with Crippen molar-refractivity contribution in [3.05, 3.63) is 39.9 Å². The molecule has 5 nitrogen and oxygen atoms in total. The molecule has 15 heavy (non-hydrogen) atoms. The highest BCUT2D eigenvalue weighted by Gasteiger charge is 2.18. The van der Waals surface area contributed by atoms with Crippen molar-refractivity contribution in [1.29, 1.82) is 0 Å². The van der Waals surface area contributed by atoms with Crippen LogP contribution in [0.1, 0.15) is 12.5 Å². The molecule has 1 aromatic carbocycles. The molecule has 80 valence electrons. The summed E-state index contributed by atoms with van der Waals surface area (Å²) in [6.45, 7) is 1.53. The third-order valence-corrected chi connectivity index (χ3v) is 2.14. The minimum absolute atomic E-state index is 0.0226. The number of carbonyl (C=O) groups is 1. The van der Waals surface area contributed by atoms with E-state index in [-0.39, 0.29) is 12.1 Å². The predicted molar refractivity (Wildman–Crippen MR) is 53.6 cm³/mol. The molecule has 0 aliphatic heterocycles. The Hall–Kier alpha value is -1.91. The van der Waals surface area contributed by atoms with Crippen LogP contribution in [-0.4, -0.2) is 16.0 Å². The molecule has 0 fully saturated rings. The molecule has 0 aliphatic rings. The molecule has 0 saturated carbocycles. The SMILES string of the molecule is C[C@@H](Cc1ccccc1[N+](=O)[O-])C(=O)O. The van der Waals surface area contributed by atoms with Crippen molar-refractivity contribution in [2.24, 2.45) is 5.92 Å². The Balaban J connectivity index is 2.94. The summed E-state index contributed by atoms with van der Waals surface area (Å²) in [5.74, 6) is -1.57. The van der Waals surface area contributed by atoms with Crippen LogP contribution in [0.15, 0.2) is 24.3 Å². The van der Waals surface area contributed by atoms with E-state index in [4.69, 9.17) is 5.11 Å². The lowest BCUT2D eigenvalue weighted by atomic mass is 10.00. The minimum atomic E-state index is -0.951. The Morgan fingerprint density at radius 2 is 2.13 bits per heavy atom. The second kappa shape index (κ2) is 4.54. The van der Waals surface area contributed by atoms with E-state index < -0.39 is 16.8 Å². The number of carboxylic acid groups (broad SMARTS) is 1.